The van der Waals surface area contributed by atoms with Gasteiger partial charge in [0, 0.05) is 13.2 Å². The second-order valence-electron chi connectivity index (χ2n) is 3.77. The molecule has 0 fully saturated rings. The summed E-state index contributed by atoms with van der Waals surface area (Å²) in [5.41, 5.74) is 1.28. The van der Waals surface area contributed by atoms with Gasteiger partial charge in [0.2, 0.25) is 0 Å². The first kappa shape index (κ1) is 11.2. The van der Waals surface area contributed by atoms with E-state index in [0.717, 1.165) is 0 Å². The van der Waals surface area contributed by atoms with E-state index in [9.17, 15) is 0 Å². The van der Waals surface area contributed by atoms with Gasteiger partial charge in [0.15, 0.2) is 0 Å². The van der Waals surface area contributed by atoms with Gasteiger partial charge < -0.3 is 9.88 Å². The summed E-state index contributed by atoms with van der Waals surface area (Å²) < 4.78 is 2.10. The maximum Gasteiger partial charge on any atom is 0.0946 e. The molecule has 0 spiro atoms. The van der Waals surface area contributed by atoms with Crippen molar-refractivity contribution in [1.29, 1.82) is 0 Å². The molecule has 0 saturated heterocycles. The lowest BCUT2D eigenvalue weighted by Gasteiger charge is -2.25. The molecule has 1 rings (SSSR count). The van der Waals surface area contributed by atoms with E-state index in [1.807, 2.05) is 19.6 Å². The lowest BCUT2D eigenvalue weighted by molar-refractivity contribution is 0.347. The van der Waals surface area contributed by atoms with Crippen LogP contribution in [-0.4, -0.2) is 16.6 Å². The summed E-state index contributed by atoms with van der Waals surface area (Å²) in [6.45, 7) is 4.49. The van der Waals surface area contributed by atoms with Crippen LogP contribution in [0.1, 0.15) is 38.4 Å². The third kappa shape index (κ3) is 2.15. The van der Waals surface area contributed by atoms with Gasteiger partial charge in [0.05, 0.1) is 18.1 Å². The van der Waals surface area contributed by atoms with Crippen LogP contribution < -0.4 is 5.32 Å². The zero-order valence-corrected chi connectivity index (χ0v) is 9.62. The number of aromatic nitrogens is 2. The van der Waals surface area contributed by atoms with E-state index in [0.29, 0.717) is 12.0 Å². The van der Waals surface area contributed by atoms with Gasteiger partial charge in [0.25, 0.3) is 0 Å². The Hall–Kier alpha value is -0.830. The predicted molar refractivity (Wildman–Crippen MR) is 59.1 cm³/mol. The Morgan fingerprint density at radius 3 is 2.43 bits per heavy atom. The van der Waals surface area contributed by atoms with Gasteiger partial charge in [-0.1, -0.05) is 26.7 Å². The Morgan fingerprint density at radius 2 is 2.07 bits per heavy atom. The Balaban J connectivity index is 2.86. The van der Waals surface area contributed by atoms with E-state index < -0.39 is 0 Å². The first-order valence-corrected chi connectivity index (χ1v) is 5.38. The number of rotatable bonds is 5. The minimum Gasteiger partial charge on any atom is -0.336 e. The van der Waals surface area contributed by atoms with E-state index in [1.165, 1.54) is 18.5 Å². The van der Waals surface area contributed by atoms with Crippen LogP contribution in [0.3, 0.4) is 0 Å². The number of hydrogen-bond donors (Lipinski definition) is 1. The molecule has 14 heavy (non-hydrogen) atoms. The van der Waals surface area contributed by atoms with Crippen LogP contribution in [0.2, 0.25) is 0 Å². The number of hydrogen-bond acceptors (Lipinski definition) is 2. The molecule has 1 aromatic rings. The van der Waals surface area contributed by atoms with Crippen molar-refractivity contribution in [3.05, 3.63) is 18.2 Å². The smallest absolute Gasteiger partial charge is 0.0946 e. The van der Waals surface area contributed by atoms with Crippen LogP contribution in [-0.2, 0) is 7.05 Å². The molecule has 0 aromatic carbocycles. The Labute approximate surface area is 86.5 Å². The van der Waals surface area contributed by atoms with Crippen molar-refractivity contribution in [2.24, 2.45) is 13.0 Å². The lowest BCUT2D eigenvalue weighted by atomic mass is 9.92. The van der Waals surface area contributed by atoms with Crippen molar-refractivity contribution in [1.82, 2.24) is 14.9 Å². The van der Waals surface area contributed by atoms with Crippen LogP contribution >= 0.6 is 0 Å². The van der Waals surface area contributed by atoms with Crippen molar-refractivity contribution in [2.45, 2.75) is 32.7 Å². The number of nitrogens with zero attached hydrogens (tertiary/aromatic N) is 2. The lowest BCUT2D eigenvalue weighted by Crippen LogP contribution is -2.26. The minimum absolute atomic E-state index is 0.428. The van der Waals surface area contributed by atoms with E-state index in [1.54, 1.807) is 0 Å². The molecule has 1 aromatic heterocycles. The average molecular weight is 195 g/mol. The van der Waals surface area contributed by atoms with Gasteiger partial charge in [-0.05, 0) is 13.0 Å². The fraction of sp³-hybridized carbons (Fsp3) is 0.727. The molecule has 80 valence electrons. The maximum absolute atomic E-state index is 4.16. The highest BCUT2D eigenvalue weighted by molar-refractivity contribution is 5.06. The molecule has 0 radical (unpaired) electrons. The largest absolute Gasteiger partial charge is 0.336 e. The maximum atomic E-state index is 4.16. The van der Waals surface area contributed by atoms with Gasteiger partial charge in [-0.3, -0.25) is 0 Å². The molecule has 0 amide bonds. The molecule has 0 aliphatic heterocycles. The van der Waals surface area contributed by atoms with E-state index in [4.69, 9.17) is 0 Å². The van der Waals surface area contributed by atoms with Crippen LogP contribution in [0.15, 0.2) is 12.5 Å². The molecule has 1 unspecified atom stereocenters. The standard InChI is InChI=1S/C11H21N3/c1-5-9(6-2)11(12-3)10-7-13-8-14(10)4/h7-9,11-12H,5-6H2,1-4H3. The highest BCUT2D eigenvalue weighted by Gasteiger charge is 2.20. The third-order valence-electron chi connectivity index (χ3n) is 3.00. The average Bonchev–Trinajstić information content (AvgIpc) is 2.61. The summed E-state index contributed by atoms with van der Waals surface area (Å²) in [6, 6.07) is 0.428. The highest BCUT2D eigenvalue weighted by atomic mass is 15.1. The summed E-state index contributed by atoms with van der Waals surface area (Å²) in [5, 5.41) is 3.39. The Morgan fingerprint density at radius 1 is 1.43 bits per heavy atom. The van der Waals surface area contributed by atoms with Crippen LogP contribution in [0.5, 0.6) is 0 Å². The molecule has 3 nitrogen and oxygen atoms in total. The summed E-state index contributed by atoms with van der Waals surface area (Å²) >= 11 is 0. The second-order valence-corrected chi connectivity index (χ2v) is 3.77. The molecule has 1 atom stereocenters. The fourth-order valence-corrected chi connectivity index (χ4v) is 2.05. The van der Waals surface area contributed by atoms with Crippen molar-refractivity contribution in [2.75, 3.05) is 7.05 Å². The highest BCUT2D eigenvalue weighted by Crippen LogP contribution is 2.26. The zero-order valence-electron chi connectivity index (χ0n) is 9.62. The van der Waals surface area contributed by atoms with E-state index in [-0.39, 0.29) is 0 Å². The molecule has 3 heteroatoms. The SMILES string of the molecule is CCC(CC)C(NC)c1cncn1C. The van der Waals surface area contributed by atoms with Crippen molar-refractivity contribution in [3.8, 4) is 0 Å². The normalized spacial score (nSPS) is 13.5. The molecule has 0 bridgehead atoms. The predicted octanol–water partition coefficient (Wildman–Crippen LogP) is 2.12. The van der Waals surface area contributed by atoms with Crippen molar-refractivity contribution in [3.63, 3.8) is 0 Å². The number of aryl methyl sites for hydroxylation is 1. The fourth-order valence-electron chi connectivity index (χ4n) is 2.05. The molecule has 0 aliphatic carbocycles. The topological polar surface area (TPSA) is 29.9 Å². The number of imidazole rings is 1. The molecule has 1 heterocycles. The molecule has 0 saturated carbocycles. The van der Waals surface area contributed by atoms with Crippen molar-refractivity contribution >= 4 is 0 Å². The monoisotopic (exact) mass is 195 g/mol. The van der Waals surface area contributed by atoms with E-state index >= 15 is 0 Å². The zero-order chi connectivity index (χ0) is 10.6. The Bertz CT molecular complexity index is 263. The molecular weight excluding hydrogens is 174 g/mol. The molecular formula is C11H21N3. The summed E-state index contributed by atoms with van der Waals surface area (Å²) in [7, 11) is 4.07. The van der Waals surface area contributed by atoms with Crippen LogP contribution in [0.25, 0.3) is 0 Å². The molecule has 0 aliphatic rings. The third-order valence-corrected chi connectivity index (χ3v) is 3.00. The van der Waals surface area contributed by atoms with Gasteiger partial charge in [-0.25, -0.2) is 4.98 Å². The van der Waals surface area contributed by atoms with Crippen LogP contribution in [0, 0.1) is 5.92 Å². The molecule has 1 N–H and O–H groups in total. The van der Waals surface area contributed by atoms with E-state index in [2.05, 4.69) is 35.8 Å². The first-order valence-electron chi connectivity index (χ1n) is 5.38. The summed E-state index contributed by atoms with van der Waals surface area (Å²) in [6.07, 6.45) is 6.22. The van der Waals surface area contributed by atoms with Gasteiger partial charge in [0.1, 0.15) is 0 Å². The van der Waals surface area contributed by atoms with Gasteiger partial charge >= 0.3 is 0 Å². The summed E-state index contributed by atoms with van der Waals surface area (Å²) in [5.74, 6) is 0.690. The quantitative estimate of drug-likeness (QED) is 0.780. The van der Waals surface area contributed by atoms with Crippen molar-refractivity contribution < 1.29 is 0 Å². The summed E-state index contributed by atoms with van der Waals surface area (Å²) in [4.78, 5) is 4.16. The first-order chi connectivity index (χ1) is 6.74. The Kier molecular flexibility index (Phi) is 4.14. The minimum atomic E-state index is 0.428. The van der Waals surface area contributed by atoms with Gasteiger partial charge in [-0.15, -0.1) is 0 Å². The van der Waals surface area contributed by atoms with Crippen LogP contribution in [0.4, 0.5) is 0 Å². The number of nitrogens with one attached hydrogen (secondary N) is 1. The van der Waals surface area contributed by atoms with Gasteiger partial charge in [-0.2, -0.15) is 0 Å². The second kappa shape index (κ2) is 5.15.